The molecule has 3 rings (SSSR count). The van der Waals surface area contributed by atoms with Crippen LogP contribution in [0.15, 0.2) is 28.7 Å². The summed E-state index contributed by atoms with van der Waals surface area (Å²) in [5.41, 5.74) is 2.09. The monoisotopic (exact) mass is 375 g/mol. The number of hydrogen-bond donors (Lipinski definition) is 1. The lowest BCUT2D eigenvalue weighted by atomic mass is 10.2. The lowest BCUT2D eigenvalue weighted by molar-refractivity contribution is 1.30. The third-order valence-corrected chi connectivity index (χ3v) is 3.87. The van der Waals surface area contributed by atoms with Crippen molar-refractivity contribution in [2.75, 3.05) is 0 Å². The quantitative estimate of drug-likeness (QED) is 0.581. The van der Waals surface area contributed by atoms with Gasteiger partial charge in [0.15, 0.2) is 5.65 Å². The molecule has 96 valence electrons. The number of halogens is 4. The molecule has 2 aromatic heterocycles. The van der Waals surface area contributed by atoms with Crippen molar-refractivity contribution in [2.24, 2.45) is 0 Å². The smallest absolute Gasteiger partial charge is 0.179 e. The van der Waals surface area contributed by atoms with E-state index in [1.54, 1.807) is 12.1 Å². The SMILES string of the molecule is Clc1cc(Br)cc(-c2nc3nc(Cl)c(Cl)cc3[nH]2)c1. The Labute approximate surface area is 132 Å². The van der Waals surface area contributed by atoms with E-state index in [0.29, 0.717) is 21.5 Å². The zero-order valence-electron chi connectivity index (χ0n) is 9.22. The first-order chi connectivity index (χ1) is 9.02. The highest BCUT2D eigenvalue weighted by atomic mass is 79.9. The molecule has 0 spiro atoms. The molecule has 7 heteroatoms. The molecule has 0 fully saturated rings. The van der Waals surface area contributed by atoms with Crippen LogP contribution >= 0.6 is 50.7 Å². The van der Waals surface area contributed by atoms with E-state index in [0.717, 1.165) is 15.6 Å². The topological polar surface area (TPSA) is 41.6 Å². The molecule has 1 N–H and O–H groups in total. The number of aromatic nitrogens is 3. The standard InChI is InChI=1S/C12H5BrCl3N3/c13-6-1-5(2-7(14)3-6)11-17-9-4-8(15)10(16)18-12(9)19-11/h1-4H,(H,17,18,19). The van der Waals surface area contributed by atoms with Gasteiger partial charge in [0, 0.05) is 15.1 Å². The minimum atomic E-state index is 0.236. The number of rotatable bonds is 1. The van der Waals surface area contributed by atoms with E-state index in [2.05, 4.69) is 30.9 Å². The molecule has 0 saturated heterocycles. The van der Waals surface area contributed by atoms with E-state index in [9.17, 15) is 0 Å². The Morgan fingerprint density at radius 1 is 1.00 bits per heavy atom. The van der Waals surface area contributed by atoms with Gasteiger partial charge in [-0.1, -0.05) is 50.7 Å². The molecule has 0 unspecified atom stereocenters. The van der Waals surface area contributed by atoms with Crippen molar-refractivity contribution in [2.45, 2.75) is 0 Å². The van der Waals surface area contributed by atoms with Crippen LogP contribution in [0.2, 0.25) is 15.2 Å². The van der Waals surface area contributed by atoms with Gasteiger partial charge in [-0.05, 0) is 24.3 Å². The fraction of sp³-hybridized carbons (Fsp3) is 0. The van der Waals surface area contributed by atoms with Crippen molar-refractivity contribution >= 4 is 61.9 Å². The molecule has 0 bridgehead atoms. The Hall–Kier alpha value is -0.810. The van der Waals surface area contributed by atoms with Crippen LogP contribution in [0.4, 0.5) is 0 Å². The Bertz CT molecular complexity index is 726. The normalized spacial score (nSPS) is 11.2. The second-order valence-electron chi connectivity index (χ2n) is 3.88. The van der Waals surface area contributed by atoms with Crippen LogP contribution in [0.5, 0.6) is 0 Å². The third kappa shape index (κ3) is 2.58. The van der Waals surface area contributed by atoms with Gasteiger partial charge >= 0.3 is 0 Å². The molecule has 3 aromatic rings. The number of fused-ring (bicyclic) bond motifs is 1. The Morgan fingerprint density at radius 3 is 2.53 bits per heavy atom. The van der Waals surface area contributed by atoms with E-state index < -0.39 is 0 Å². The van der Waals surface area contributed by atoms with Gasteiger partial charge in [0.05, 0.1) is 10.5 Å². The molecule has 2 heterocycles. The number of H-pyrrole nitrogens is 1. The van der Waals surface area contributed by atoms with E-state index in [-0.39, 0.29) is 5.15 Å². The summed E-state index contributed by atoms with van der Waals surface area (Å²) in [5.74, 6) is 0.657. The van der Waals surface area contributed by atoms with Crippen LogP contribution in [0.25, 0.3) is 22.6 Å². The molecule has 0 aliphatic heterocycles. The first-order valence-electron chi connectivity index (χ1n) is 5.21. The predicted octanol–water partition coefficient (Wildman–Crippen LogP) is 5.35. The molecule has 0 radical (unpaired) electrons. The number of imidazole rings is 1. The summed E-state index contributed by atoms with van der Waals surface area (Å²) in [5, 5.41) is 1.24. The molecule has 0 atom stereocenters. The van der Waals surface area contributed by atoms with Gasteiger partial charge in [0.1, 0.15) is 11.0 Å². The first kappa shape index (κ1) is 13.2. The Kier molecular flexibility index (Phi) is 3.43. The summed E-state index contributed by atoms with van der Waals surface area (Å²) < 4.78 is 0.875. The summed E-state index contributed by atoms with van der Waals surface area (Å²) in [6.07, 6.45) is 0. The van der Waals surface area contributed by atoms with Crippen LogP contribution in [0.3, 0.4) is 0 Å². The second kappa shape index (κ2) is 4.94. The van der Waals surface area contributed by atoms with Crippen molar-refractivity contribution in [1.82, 2.24) is 15.0 Å². The fourth-order valence-electron chi connectivity index (χ4n) is 1.72. The average Bonchev–Trinajstić information content (AvgIpc) is 2.71. The second-order valence-corrected chi connectivity index (χ2v) is 5.99. The maximum atomic E-state index is 6.02. The molecule has 0 aliphatic rings. The highest BCUT2D eigenvalue weighted by Crippen LogP contribution is 2.29. The molecule has 3 nitrogen and oxygen atoms in total. The lowest BCUT2D eigenvalue weighted by Crippen LogP contribution is -1.81. The lowest BCUT2D eigenvalue weighted by Gasteiger charge is -1.99. The molecule has 0 aliphatic carbocycles. The number of aromatic amines is 1. The van der Waals surface area contributed by atoms with Gasteiger partial charge in [-0.3, -0.25) is 0 Å². The highest BCUT2D eigenvalue weighted by Gasteiger charge is 2.10. The maximum absolute atomic E-state index is 6.02. The summed E-state index contributed by atoms with van der Waals surface area (Å²) in [6.45, 7) is 0. The zero-order chi connectivity index (χ0) is 13.6. The third-order valence-electron chi connectivity index (χ3n) is 2.52. The number of pyridine rings is 1. The first-order valence-corrected chi connectivity index (χ1v) is 7.14. The maximum Gasteiger partial charge on any atom is 0.179 e. The van der Waals surface area contributed by atoms with Gasteiger partial charge in [0.25, 0.3) is 0 Å². The number of benzene rings is 1. The van der Waals surface area contributed by atoms with Gasteiger partial charge < -0.3 is 4.98 Å². The molecular weight excluding hydrogens is 372 g/mol. The van der Waals surface area contributed by atoms with Crippen molar-refractivity contribution in [3.63, 3.8) is 0 Å². The summed E-state index contributed by atoms with van der Waals surface area (Å²) in [6, 6.07) is 7.22. The van der Waals surface area contributed by atoms with Crippen LogP contribution in [0.1, 0.15) is 0 Å². The van der Waals surface area contributed by atoms with Crippen LogP contribution in [-0.2, 0) is 0 Å². The van der Waals surface area contributed by atoms with E-state index in [1.165, 1.54) is 0 Å². The minimum absolute atomic E-state index is 0.236. The molecule has 0 amide bonds. The van der Waals surface area contributed by atoms with Gasteiger partial charge in [-0.25, -0.2) is 9.97 Å². The zero-order valence-corrected chi connectivity index (χ0v) is 13.1. The van der Waals surface area contributed by atoms with E-state index >= 15 is 0 Å². The molecular formula is C12H5BrCl3N3. The molecule has 19 heavy (non-hydrogen) atoms. The molecule has 0 saturated carbocycles. The summed E-state index contributed by atoms with van der Waals surface area (Å²) >= 11 is 21.2. The Balaban J connectivity index is 2.20. The number of nitrogens with one attached hydrogen (secondary N) is 1. The number of nitrogens with zero attached hydrogens (tertiary/aromatic N) is 2. The summed E-state index contributed by atoms with van der Waals surface area (Å²) in [7, 11) is 0. The van der Waals surface area contributed by atoms with Crippen molar-refractivity contribution in [1.29, 1.82) is 0 Å². The van der Waals surface area contributed by atoms with Gasteiger partial charge in [0.2, 0.25) is 0 Å². The predicted molar refractivity (Wildman–Crippen MR) is 82.1 cm³/mol. The van der Waals surface area contributed by atoms with Crippen molar-refractivity contribution in [3.8, 4) is 11.4 Å². The summed E-state index contributed by atoms with van der Waals surface area (Å²) in [4.78, 5) is 11.6. The average molecular weight is 377 g/mol. The Morgan fingerprint density at radius 2 is 1.79 bits per heavy atom. The van der Waals surface area contributed by atoms with E-state index in [1.807, 2.05) is 12.1 Å². The molecule has 1 aromatic carbocycles. The largest absolute Gasteiger partial charge is 0.337 e. The number of hydrogen-bond acceptors (Lipinski definition) is 2. The van der Waals surface area contributed by atoms with Gasteiger partial charge in [-0.15, -0.1) is 0 Å². The van der Waals surface area contributed by atoms with Crippen LogP contribution in [0, 0.1) is 0 Å². The van der Waals surface area contributed by atoms with E-state index in [4.69, 9.17) is 34.8 Å². The van der Waals surface area contributed by atoms with Crippen LogP contribution in [-0.4, -0.2) is 15.0 Å². The van der Waals surface area contributed by atoms with Crippen molar-refractivity contribution < 1.29 is 0 Å². The van der Waals surface area contributed by atoms with Gasteiger partial charge in [-0.2, -0.15) is 0 Å². The van der Waals surface area contributed by atoms with Crippen LogP contribution < -0.4 is 0 Å². The highest BCUT2D eigenvalue weighted by molar-refractivity contribution is 9.10. The fourth-order valence-corrected chi connectivity index (χ4v) is 2.87. The minimum Gasteiger partial charge on any atom is -0.337 e. The van der Waals surface area contributed by atoms with Crippen molar-refractivity contribution in [3.05, 3.63) is 43.9 Å².